The van der Waals surface area contributed by atoms with Crippen LogP contribution >= 0.6 is 11.6 Å². The van der Waals surface area contributed by atoms with Crippen LogP contribution in [-0.4, -0.2) is 14.7 Å². The minimum Gasteiger partial charge on any atom is -0.594 e. The third kappa shape index (κ3) is 1.15. The molecule has 0 spiro atoms. The van der Waals surface area contributed by atoms with Gasteiger partial charge >= 0.3 is 0 Å². The van der Waals surface area contributed by atoms with Gasteiger partial charge in [0, 0.05) is 11.2 Å². The monoisotopic (exact) mass is 234 g/mol. The molecule has 0 saturated carbocycles. The molecule has 2 heterocycles. The average molecular weight is 235 g/mol. The first-order valence-corrected chi connectivity index (χ1v) is 5.08. The van der Waals surface area contributed by atoms with E-state index in [9.17, 15) is 5.21 Å². The fourth-order valence-electron chi connectivity index (χ4n) is 1.69. The summed E-state index contributed by atoms with van der Waals surface area (Å²) in [5.74, 6) is 0. The molecule has 5 nitrogen and oxygen atoms in total. The SMILES string of the molecule is Cc1ccc2c(c1)n1ncc(Cl)c1n[n+]2[O-]. The zero-order valence-corrected chi connectivity index (χ0v) is 9.14. The van der Waals surface area contributed by atoms with Gasteiger partial charge in [-0.1, -0.05) is 17.7 Å². The van der Waals surface area contributed by atoms with E-state index in [0.717, 1.165) is 5.56 Å². The average Bonchev–Trinajstić information content (AvgIpc) is 2.61. The van der Waals surface area contributed by atoms with Gasteiger partial charge in [-0.2, -0.15) is 5.10 Å². The number of hydrogen-bond donors (Lipinski definition) is 0. The van der Waals surface area contributed by atoms with Crippen LogP contribution in [0.2, 0.25) is 5.02 Å². The minimum absolute atomic E-state index is 0.369. The summed E-state index contributed by atoms with van der Waals surface area (Å²) in [5, 5.41) is 19.9. The highest BCUT2D eigenvalue weighted by Gasteiger charge is 2.14. The molecule has 0 saturated heterocycles. The fourth-order valence-corrected chi connectivity index (χ4v) is 1.85. The summed E-state index contributed by atoms with van der Waals surface area (Å²) in [4.78, 5) is 0.567. The maximum atomic E-state index is 11.7. The van der Waals surface area contributed by atoms with Crippen molar-refractivity contribution in [3.05, 3.63) is 40.2 Å². The molecular formula is C10H7ClN4O. The zero-order chi connectivity index (χ0) is 11.3. The predicted octanol–water partition coefficient (Wildman–Crippen LogP) is 1.48. The number of rotatable bonds is 0. The van der Waals surface area contributed by atoms with E-state index >= 15 is 0 Å². The molecule has 0 unspecified atom stereocenters. The Labute approximate surface area is 95.5 Å². The largest absolute Gasteiger partial charge is 0.594 e. The van der Waals surface area contributed by atoms with E-state index in [4.69, 9.17) is 11.6 Å². The van der Waals surface area contributed by atoms with Gasteiger partial charge in [-0.05, 0) is 23.4 Å². The van der Waals surface area contributed by atoms with Gasteiger partial charge in [0.15, 0.2) is 0 Å². The molecule has 0 radical (unpaired) electrons. The van der Waals surface area contributed by atoms with E-state index in [1.54, 1.807) is 10.6 Å². The van der Waals surface area contributed by atoms with Gasteiger partial charge in [-0.25, -0.2) is 4.52 Å². The first-order chi connectivity index (χ1) is 7.66. The van der Waals surface area contributed by atoms with Crippen molar-refractivity contribution >= 4 is 28.3 Å². The number of aryl methyl sites for hydroxylation is 1. The van der Waals surface area contributed by atoms with Crippen LogP contribution in [0, 0.1) is 12.1 Å². The maximum absolute atomic E-state index is 11.7. The molecule has 0 N–H and O–H groups in total. The van der Waals surface area contributed by atoms with Crippen molar-refractivity contribution < 1.29 is 4.85 Å². The lowest BCUT2D eigenvalue weighted by Crippen LogP contribution is -2.33. The summed E-state index contributed by atoms with van der Waals surface area (Å²) < 4.78 is 1.57. The van der Waals surface area contributed by atoms with Gasteiger partial charge in [0.1, 0.15) is 10.5 Å². The molecule has 0 atom stereocenters. The smallest absolute Gasteiger partial charge is 0.270 e. The van der Waals surface area contributed by atoms with E-state index in [0.29, 0.717) is 26.5 Å². The normalized spacial score (nSPS) is 11.4. The molecule has 16 heavy (non-hydrogen) atoms. The number of hydrogen-bond acceptors (Lipinski definition) is 3. The molecule has 3 rings (SSSR count). The molecule has 0 aliphatic carbocycles. The molecule has 80 valence electrons. The number of nitrogens with zero attached hydrogens (tertiary/aromatic N) is 4. The third-order valence-corrected chi connectivity index (χ3v) is 2.72. The lowest BCUT2D eigenvalue weighted by Gasteiger charge is -2.02. The Morgan fingerprint density at radius 3 is 3.06 bits per heavy atom. The molecule has 0 aliphatic rings. The van der Waals surface area contributed by atoms with E-state index in [2.05, 4.69) is 10.2 Å². The second-order valence-electron chi connectivity index (χ2n) is 3.59. The first kappa shape index (κ1) is 9.35. The van der Waals surface area contributed by atoms with Gasteiger partial charge in [0.05, 0.1) is 6.20 Å². The quantitative estimate of drug-likeness (QED) is 0.437. The number of aromatic nitrogens is 4. The summed E-state index contributed by atoms with van der Waals surface area (Å²) in [6.07, 6.45) is 1.48. The van der Waals surface area contributed by atoms with E-state index in [1.165, 1.54) is 6.20 Å². The van der Waals surface area contributed by atoms with Crippen LogP contribution in [0.3, 0.4) is 0 Å². The standard InChI is InChI=1S/C10H7ClN4O/c1-6-2-3-8-9(4-6)14-10(13-15(8)16)7(11)5-12-14/h2-5H,1H3. The summed E-state index contributed by atoms with van der Waals surface area (Å²) in [6.45, 7) is 1.95. The Hall–Kier alpha value is -1.88. The van der Waals surface area contributed by atoms with Crippen LogP contribution in [0.25, 0.3) is 16.7 Å². The van der Waals surface area contributed by atoms with Crippen LogP contribution in [-0.2, 0) is 0 Å². The van der Waals surface area contributed by atoms with Crippen molar-refractivity contribution in [1.29, 1.82) is 0 Å². The van der Waals surface area contributed by atoms with Gasteiger partial charge in [0.2, 0.25) is 5.65 Å². The Kier molecular flexibility index (Phi) is 1.79. The van der Waals surface area contributed by atoms with E-state index in [-0.39, 0.29) is 0 Å². The molecule has 2 aromatic heterocycles. The summed E-state index contributed by atoms with van der Waals surface area (Å²) in [5.41, 5.74) is 2.59. The maximum Gasteiger partial charge on any atom is 0.270 e. The van der Waals surface area contributed by atoms with Crippen molar-refractivity contribution in [2.45, 2.75) is 6.92 Å². The second kappa shape index (κ2) is 3.05. The van der Waals surface area contributed by atoms with Crippen LogP contribution in [0.5, 0.6) is 0 Å². The predicted molar refractivity (Wildman–Crippen MR) is 59.2 cm³/mol. The van der Waals surface area contributed by atoms with Crippen LogP contribution in [0.1, 0.15) is 5.56 Å². The Balaban J connectivity index is 2.62. The minimum atomic E-state index is 0.369. The Morgan fingerprint density at radius 1 is 1.44 bits per heavy atom. The molecule has 0 fully saturated rings. The highest BCUT2D eigenvalue weighted by molar-refractivity contribution is 6.33. The van der Waals surface area contributed by atoms with Crippen molar-refractivity contribution in [1.82, 2.24) is 14.7 Å². The lowest BCUT2D eigenvalue weighted by molar-refractivity contribution is -0.640. The van der Waals surface area contributed by atoms with Gasteiger partial charge in [-0.3, -0.25) is 0 Å². The van der Waals surface area contributed by atoms with Gasteiger partial charge in [-0.15, -0.1) is 0 Å². The topological polar surface area (TPSA) is 57.1 Å². The number of benzene rings is 1. The molecule has 3 aromatic rings. The summed E-state index contributed by atoms with van der Waals surface area (Å²) >= 11 is 5.89. The van der Waals surface area contributed by atoms with Crippen molar-refractivity contribution in [3.63, 3.8) is 0 Å². The highest BCUT2D eigenvalue weighted by Crippen LogP contribution is 2.18. The van der Waals surface area contributed by atoms with Gasteiger partial charge < -0.3 is 5.21 Å². The molecule has 0 amide bonds. The Morgan fingerprint density at radius 2 is 2.25 bits per heavy atom. The van der Waals surface area contributed by atoms with E-state index in [1.807, 2.05) is 19.1 Å². The van der Waals surface area contributed by atoms with Crippen molar-refractivity contribution in [3.8, 4) is 0 Å². The van der Waals surface area contributed by atoms with Crippen LogP contribution in [0.4, 0.5) is 0 Å². The lowest BCUT2D eigenvalue weighted by atomic mass is 10.2. The number of halogens is 1. The van der Waals surface area contributed by atoms with Crippen molar-refractivity contribution in [2.24, 2.45) is 0 Å². The molecular weight excluding hydrogens is 228 g/mol. The summed E-state index contributed by atoms with van der Waals surface area (Å²) in [6, 6.07) is 5.46. The summed E-state index contributed by atoms with van der Waals surface area (Å²) in [7, 11) is 0. The van der Waals surface area contributed by atoms with E-state index < -0.39 is 0 Å². The fraction of sp³-hybridized carbons (Fsp3) is 0.100. The van der Waals surface area contributed by atoms with Crippen LogP contribution < -0.4 is 4.85 Å². The molecule has 6 heteroatoms. The Bertz CT molecular complexity index is 707. The highest BCUT2D eigenvalue weighted by atomic mass is 35.5. The number of fused-ring (bicyclic) bond motifs is 3. The molecule has 1 aromatic carbocycles. The van der Waals surface area contributed by atoms with Gasteiger partial charge in [0.25, 0.3) is 5.52 Å². The molecule has 0 aliphatic heterocycles. The molecule has 0 bridgehead atoms. The van der Waals surface area contributed by atoms with Crippen molar-refractivity contribution in [2.75, 3.05) is 0 Å². The zero-order valence-electron chi connectivity index (χ0n) is 8.38. The van der Waals surface area contributed by atoms with Crippen LogP contribution in [0.15, 0.2) is 24.4 Å². The second-order valence-corrected chi connectivity index (χ2v) is 4.00. The first-order valence-electron chi connectivity index (χ1n) is 4.70. The third-order valence-electron chi connectivity index (χ3n) is 2.45.